The summed E-state index contributed by atoms with van der Waals surface area (Å²) in [7, 11) is 0. The molecule has 0 spiro atoms. The highest BCUT2D eigenvalue weighted by molar-refractivity contribution is 7.12. The standard InChI is InChI=1S/C20H21F3N2O3S/c1-2-10-28-16-8-7-13(20(21,22)23)12-14(16)24-18(26)15-5-3-9-25(15)19(27)17-6-4-11-29-17/h4,6-8,11-12,15H,2-3,5,9-10H2,1H3,(H,24,26)/t15-/m0/s1. The van der Waals surface area contributed by atoms with Gasteiger partial charge in [0.1, 0.15) is 11.8 Å². The molecule has 1 aliphatic rings. The first-order valence-electron chi connectivity index (χ1n) is 9.30. The fourth-order valence-corrected chi connectivity index (χ4v) is 3.86. The number of hydrogen-bond acceptors (Lipinski definition) is 4. The smallest absolute Gasteiger partial charge is 0.416 e. The Morgan fingerprint density at radius 3 is 2.76 bits per heavy atom. The average Bonchev–Trinajstić information content (AvgIpc) is 3.37. The van der Waals surface area contributed by atoms with Crippen LogP contribution in [0.15, 0.2) is 35.7 Å². The molecule has 156 valence electrons. The van der Waals surface area contributed by atoms with Crippen LogP contribution in [0.1, 0.15) is 41.4 Å². The van der Waals surface area contributed by atoms with Gasteiger partial charge in [-0.1, -0.05) is 13.0 Å². The number of anilines is 1. The number of nitrogens with zero attached hydrogens (tertiary/aromatic N) is 1. The van der Waals surface area contributed by atoms with Crippen LogP contribution in [0, 0.1) is 0 Å². The highest BCUT2D eigenvalue weighted by Crippen LogP contribution is 2.35. The van der Waals surface area contributed by atoms with Gasteiger partial charge in [-0.3, -0.25) is 9.59 Å². The lowest BCUT2D eigenvalue weighted by Gasteiger charge is -2.24. The fourth-order valence-electron chi connectivity index (χ4n) is 3.18. The summed E-state index contributed by atoms with van der Waals surface area (Å²) in [5.41, 5.74) is -0.928. The fraction of sp³-hybridized carbons (Fsp3) is 0.400. The van der Waals surface area contributed by atoms with Crippen molar-refractivity contribution < 1.29 is 27.5 Å². The summed E-state index contributed by atoms with van der Waals surface area (Å²) in [6, 6.07) is 5.69. The van der Waals surface area contributed by atoms with Crippen molar-refractivity contribution in [3.63, 3.8) is 0 Å². The maximum absolute atomic E-state index is 13.1. The van der Waals surface area contributed by atoms with Gasteiger partial charge >= 0.3 is 6.18 Å². The SMILES string of the molecule is CCCOc1ccc(C(F)(F)F)cc1NC(=O)[C@@H]1CCCN1C(=O)c1cccs1. The van der Waals surface area contributed by atoms with Crippen LogP contribution in [0.4, 0.5) is 18.9 Å². The van der Waals surface area contributed by atoms with Gasteiger partial charge in [-0.15, -0.1) is 11.3 Å². The lowest BCUT2D eigenvalue weighted by Crippen LogP contribution is -2.43. The van der Waals surface area contributed by atoms with Crippen molar-refractivity contribution in [3.05, 3.63) is 46.2 Å². The number of amides is 2. The molecule has 1 fully saturated rings. The van der Waals surface area contributed by atoms with Crippen LogP contribution in [-0.2, 0) is 11.0 Å². The van der Waals surface area contributed by atoms with Gasteiger partial charge in [-0.25, -0.2) is 0 Å². The van der Waals surface area contributed by atoms with E-state index in [2.05, 4.69) is 5.32 Å². The molecule has 1 aromatic heterocycles. The quantitative estimate of drug-likeness (QED) is 0.722. The van der Waals surface area contributed by atoms with Crippen LogP contribution in [0.5, 0.6) is 5.75 Å². The van der Waals surface area contributed by atoms with Crippen LogP contribution in [-0.4, -0.2) is 35.9 Å². The number of nitrogens with one attached hydrogen (secondary N) is 1. The van der Waals surface area contributed by atoms with Crippen molar-refractivity contribution in [2.24, 2.45) is 0 Å². The average molecular weight is 426 g/mol. The summed E-state index contributed by atoms with van der Waals surface area (Å²) < 4.78 is 44.8. The monoisotopic (exact) mass is 426 g/mol. The molecule has 0 saturated carbocycles. The van der Waals surface area contributed by atoms with E-state index in [0.717, 1.165) is 12.1 Å². The first-order valence-corrected chi connectivity index (χ1v) is 10.2. The summed E-state index contributed by atoms with van der Waals surface area (Å²) >= 11 is 1.28. The summed E-state index contributed by atoms with van der Waals surface area (Å²) in [6.07, 6.45) is -2.78. The number of rotatable bonds is 6. The topological polar surface area (TPSA) is 58.6 Å². The zero-order valence-electron chi connectivity index (χ0n) is 15.8. The Balaban J connectivity index is 1.82. The van der Waals surface area contributed by atoms with Crippen molar-refractivity contribution in [1.29, 1.82) is 0 Å². The lowest BCUT2D eigenvalue weighted by molar-refractivity contribution is -0.137. The van der Waals surface area contributed by atoms with E-state index in [0.29, 0.717) is 37.3 Å². The summed E-state index contributed by atoms with van der Waals surface area (Å²) in [4.78, 5) is 27.5. The second-order valence-corrected chi connectivity index (χ2v) is 7.63. The first kappa shape index (κ1) is 21.2. The Morgan fingerprint density at radius 1 is 1.31 bits per heavy atom. The molecule has 9 heteroatoms. The van der Waals surface area contributed by atoms with Gasteiger partial charge in [0.05, 0.1) is 22.7 Å². The summed E-state index contributed by atoms with van der Waals surface area (Å²) in [5.74, 6) is -0.598. The van der Waals surface area contributed by atoms with Crippen molar-refractivity contribution in [3.8, 4) is 5.75 Å². The predicted molar refractivity (Wildman–Crippen MR) is 104 cm³/mol. The molecule has 2 aromatic rings. The molecule has 1 atom stereocenters. The molecule has 3 rings (SSSR count). The number of alkyl halides is 3. The van der Waals surface area contributed by atoms with Crippen LogP contribution in [0.25, 0.3) is 0 Å². The molecule has 5 nitrogen and oxygen atoms in total. The highest BCUT2D eigenvalue weighted by atomic mass is 32.1. The molecule has 0 unspecified atom stereocenters. The third-order valence-electron chi connectivity index (χ3n) is 4.57. The van der Waals surface area contributed by atoms with Crippen LogP contribution >= 0.6 is 11.3 Å². The van der Waals surface area contributed by atoms with E-state index in [1.165, 1.54) is 22.3 Å². The Labute approximate surface area is 170 Å². The molecule has 1 aromatic carbocycles. The number of thiophene rings is 1. The van der Waals surface area contributed by atoms with Crippen LogP contribution in [0.3, 0.4) is 0 Å². The molecule has 1 saturated heterocycles. The van der Waals surface area contributed by atoms with E-state index in [-0.39, 0.29) is 17.3 Å². The predicted octanol–water partition coefficient (Wildman–Crippen LogP) is 4.80. The Kier molecular flexibility index (Phi) is 6.46. The second kappa shape index (κ2) is 8.86. The van der Waals surface area contributed by atoms with Crippen molar-refractivity contribution in [2.75, 3.05) is 18.5 Å². The minimum absolute atomic E-state index is 0.0475. The molecule has 2 amide bonds. The van der Waals surface area contributed by atoms with Gasteiger partial charge in [0.2, 0.25) is 5.91 Å². The third kappa shape index (κ3) is 4.90. The zero-order valence-corrected chi connectivity index (χ0v) is 16.6. The second-order valence-electron chi connectivity index (χ2n) is 6.68. The Hall–Kier alpha value is -2.55. The number of halogens is 3. The van der Waals surface area contributed by atoms with Crippen LogP contribution in [0.2, 0.25) is 0 Å². The highest BCUT2D eigenvalue weighted by Gasteiger charge is 2.36. The minimum Gasteiger partial charge on any atom is -0.491 e. The van der Waals surface area contributed by atoms with E-state index >= 15 is 0 Å². The van der Waals surface area contributed by atoms with Gasteiger partial charge in [-0.2, -0.15) is 13.2 Å². The third-order valence-corrected chi connectivity index (χ3v) is 5.43. The number of carbonyl (C=O) groups is 2. The Morgan fingerprint density at radius 2 is 2.10 bits per heavy atom. The summed E-state index contributed by atoms with van der Waals surface area (Å²) in [6.45, 7) is 2.60. The largest absolute Gasteiger partial charge is 0.491 e. The first-order chi connectivity index (χ1) is 13.8. The van der Waals surface area contributed by atoms with E-state index in [1.807, 2.05) is 6.92 Å². The number of benzene rings is 1. The molecule has 29 heavy (non-hydrogen) atoms. The van der Waals surface area contributed by atoms with E-state index < -0.39 is 23.7 Å². The molecule has 1 aliphatic heterocycles. The number of carbonyl (C=O) groups excluding carboxylic acids is 2. The molecule has 0 aliphatic carbocycles. The maximum Gasteiger partial charge on any atom is 0.416 e. The molecule has 1 N–H and O–H groups in total. The number of ether oxygens (including phenoxy) is 1. The van der Waals surface area contributed by atoms with Crippen molar-refractivity contribution in [2.45, 2.75) is 38.4 Å². The van der Waals surface area contributed by atoms with Crippen molar-refractivity contribution in [1.82, 2.24) is 4.90 Å². The maximum atomic E-state index is 13.1. The van der Waals surface area contributed by atoms with E-state index in [9.17, 15) is 22.8 Å². The van der Waals surface area contributed by atoms with Gasteiger partial charge < -0.3 is 15.0 Å². The van der Waals surface area contributed by atoms with Gasteiger partial charge in [0, 0.05) is 6.54 Å². The Bertz CT molecular complexity index is 868. The zero-order chi connectivity index (χ0) is 21.0. The van der Waals surface area contributed by atoms with Gasteiger partial charge in [0.15, 0.2) is 0 Å². The molecular formula is C20H21F3N2O3S. The molecule has 0 radical (unpaired) electrons. The van der Waals surface area contributed by atoms with Crippen LogP contribution < -0.4 is 10.1 Å². The number of likely N-dealkylation sites (tertiary alicyclic amines) is 1. The van der Waals surface area contributed by atoms with E-state index in [4.69, 9.17) is 4.74 Å². The number of hydrogen-bond donors (Lipinski definition) is 1. The molecule has 2 heterocycles. The van der Waals surface area contributed by atoms with Gasteiger partial charge in [0.25, 0.3) is 5.91 Å². The van der Waals surface area contributed by atoms with Crippen molar-refractivity contribution >= 4 is 28.8 Å². The minimum atomic E-state index is -4.54. The molecule has 0 bridgehead atoms. The normalized spacial score (nSPS) is 16.7. The van der Waals surface area contributed by atoms with E-state index in [1.54, 1.807) is 17.5 Å². The van der Waals surface area contributed by atoms with Gasteiger partial charge in [-0.05, 0) is 48.9 Å². The lowest BCUT2D eigenvalue weighted by atomic mass is 10.1. The summed E-state index contributed by atoms with van der Waals surface area (Å²) in [5, 5.41) is 4.33. The molecular weight excluding hydrogens is 405 g/mol.